The van der Waals surface area contributed by atoms with E-state index in [-0.39, 0.29) is 0 Å². The fraction of sp³-hybridized carbons (Fsp3) is 0. The maximum absolute atomic E-state index is 5.88. The summed E-state index contributed by atoms with van der Waals surface area (Å²) in [4.78, 5) is 0. The minimum Gasteiger partial charge on any atom is -0.240 e. The number of aromatic nitrogens is 2. The molecule has 0 bridgehead atoms. The van der Waals surface area contributed by atoms with Crippen LogP contribution in [0, 0.1) is 0 Å². The Morgan fingerprint density at radius 2 is 1.58 bits per heavy atom. The van der Waals surface area contributed by atoms with Crippen LogP contribution in [0.5, 0.6) is 0 Å². The maximum atomic E-state index is 5.88. The molecule has 2 nitrogen and oxygen atoms in total. The van der Waals surface area contributed by atoms with E-state index in [9.17, 15) is 0 Å². The van der Waals surface area contributed by atoms with Crippen molar-refractivity contribution in [1.29, 1.82) is 0 Å². The third-order valence-corrected chi connectivity index (χ3v) is 3.63. The van der Waals surface area contributed by atoms with Crippen molar-refractivity contribution >= 4 is 27.5 Å². The van der Waals surface area contributed by atoms with Gasteiger partial charge in [-0.3, -0.25) is 0 Å². The van der Waals surface area contributed by atoms with Gasteiger partial charge in [0.05, 0.1) is 11.9 Å². The van der Waals surface area contributed by atoms with Gasteiger partial charge in [0.2, 0.25) is 0 Å². The van der Waals surface area contributed by atoms with Crippen LogP contribution in [-0.4, -0.2) is 9.78 Å². The summed E-state index contributed by atoms with van der Waals surface area (Å²) in [5.41, 5.74) is 3.22. The van der Waals surface area contributed by atoms with Gasteiger partial charge in [-0.2, -0.15) is 5.10 Å². The second kappa shape index (κ2) is 5.19. The van der Waals surface area contributed by atoms with Gasteiger partial charge in [0.15, 0.2) is 0 Å². The first-order chi connectivity index (χ1) is 9.22. The van der Waals surface area contributed by atoms with E-state index in [0.29, 0.717) is 0 Å². The number of hydrogen-bond donors (Lipinski definition) is 0. The number of halogens is 2. The summed E-state index contributed by atoms with van der Waals surface area (Å²) in [7, 11) is 0. The highest BCUT2D eigenvalue weighted by atomic mass is 79.9. The first-order valence-corrected chi connectivity index (χ1v) is 6.96. The second-order valence-electron chi connectivity index (χ2n) is 4.16. The fourth-order valence-corrected chi connectivity index (χ4v) is 2.24. The Morgan fingerprint density at radius 1 is 0.895 bits per heavy atom. The Labute approximate surface area is 124 Å². The molecule has 0 spiro atoms. The summed E-state index contributed by atoms with van der Waals surface area (Å²) in [6.07, 6.45) is 3.87. The van der Waals surface area contributed by atoms with Crippen molar-refractivity contribution in [3.63, 3.8) is 0 Å². The fourth-order valence-electron chi connectivity index (χ4n) is 1.85. The van der Waals surface area contributed by atoms with Crippen LogP contribution in [0.1, 0.15) is 0 Å². The van der Waals surface area contributed by atoms with Gasteiger partial charge in [-0.15, -0.1) is 0 Å². The highest BCUT2D eigenvalue weighted by molar-refractivity contribution is 9.10. The van der Waals surface area contributed by atoms with E-state index in [1.54, 1.807) is 0 Å². The molecule has 0 saturated heterocycles. The first-order valence-electron chi connectivity index (χ1n) is 5.79. The summed E-state index contributed by atoms with van der Waals surface area (Å²) < 4.78 is 2.91. The number of benzene rings is 2. The molecule has 0 saturated carbocycles. The minimum absolute atomic E-state index is 0.726. The second-order valence-corrected chi connectivity index (χ2v) is 5.51. The summed E-state index contributed by atoms with van der Waals surface area (Å²) in [5.74, 6) is 0. The van der Waals surface area contributed by atoms with Crippen molar-refractivity contribution in [3.8, 4) is 16.8 Å². The molecule has 2 aromatic carbocycles. The average molecular weight is 334 g/mol. The Morgan fingerprint density at radius 3 is 2.26 bits per heavy atom. The van der Waals surface area contributed by atoms with Gasteiger partial charge in [-0.1, -0.05) is 39.7 Å². The molecule has 94 valence electrons. The van der Waals surface area contributed by atoms with Gasteiger partial charge < -0.3 is 0 Å². The molecule has 0 aliphatic carbocycles. The molecule has 1 aromatic heterocycles. The van der Waals surface area contributed by atoms with Crippen LogP contribution in [0.3, 0.4) is 0 Å². The molecular weight excluding hydrogens is 324 g/mol. The van der Waals surface area contributed by atoms with E-state index in [1.807, 2.05) is 53.5 Å². The molecule has 3 aromatic rings. The summed E-state index contributed by atoms with van der Waals surface area (Å²) in [5, 5.41) is 5.10. The molecule has 1 heterocycles. The Kier molecular flexibility index (Phi) is 3.40. The highest BCUT2D eigenvalue weighted by Gasteiger charge is 2.03. The third kappa shape index (κ3) is 2.72. The highest BCUT2D eigenvalue weighted by Crippen LogP contribution is 2.22. The molecule has 4 heteroatoms. The van der Waals surface area contributed by atoms with E-state index in [2.05, 4.69) is 33.2 Å². The van der Waals surface area contributed by atoms with Crippen molar-refractivity contribution in [2.24, 2.45) is 0 Å². The lowest BCUT2D eigenvalue weighted by Gasteiger charge is -2.00. The zero-order valence-corrected chi connectivity index (χ0v) is 12.3. The Balaban J connectivity index is 1.95. The Hall–Kier alpha value is -1.58. The lowest BCUT2D eigenvalue weighted by Crippen LogP contribution is -1.92. The summed E-state index contributed by atoms with van der Waals surface area (Å²) in [6.45, 7) is 0. The summed E-state index contributed by atoms with van der Waals surface area (Å²) >= 11 is 9.31. The standard InChI is InChI=1S/C15H10BrClN2/c16-13-3-1-11(2-4-13)12-9-18-19(10-12)15-7-5-14(17)6-8-15/h1-10H. The normalized spacial score (nSPS) is 10.6. The molecule has 0 N–H and O–H groups in total. The van der Waals surface area contributed by atoms with Gasteiger partial charge in [-0.25, -0.2) is 4.68 Å². The van der Waals surface area contributed by atoms with E-state index in [1.165, 1.54) is 0 Å². The summed E-state index contributed by atoms with van der Waals surface area (Å²) in [6, 6.07) is 15.8. The van der Waals surface area contributed by atoms with Crippen molar-refractivity contribution < 1.29 is 0 Å². The van der Waals surface area contributed by atoms with Gasteiger partial charge in [0.25, 0.3) is 0 Å². The zero-order valence-electron chi connectivity index (χ0n) is 9.92. The van der Waals surface area contributed by atoms with Crippen LogP contribution in [0.2, 0.25) is 5.02 Å². The maximum Gasteiger partial charge on any atom is 0.0646 e. The van der Waals surface area contributed by atoms with Crippen molar-refractivity contribution in [3.05, 3.63) is 70.4 Å². The quantitative estimate of drug-likeness (QED) is 0.648. The van der Waals surface area contributed by atoms with Crippen molar-refractivity contribution in [1.82, 2.24) is 9.78 Å². The van der Waals surface area contributed by atoms with Crippen LogP contribution < -0.4 is 0 Å². The minimum atomic E-state index is 0.726. The third-order valence-electron chi connectivity index (χ3n) is 2.85. The van der Waals surface area contributed by atoms with E-state index in [4.69, 9.17) is 11.6 Å². The van der Waals surface area contributed by atoms with Crippen LogP contribution in [0.25, 0.3) is 16.8 Å². The van der Waals surface area contributed by atoms with Crippen LogP contribution in [0.4, 0.5) is 0 Å². The predicted molar refractivity (Wildman–Crippen MR) is 81.7 cm³/mol. The molecule has 0 aliphatic heterocycles. The molecule has 0 fully saturated rings. The molecule has 0 aliphatic rings. The molecule has 0 unspecified atom stereocenters. The van der Waals surface area contributed by atoms with Crippen molar-refractivity contribution in [2.45, 2.75) is 0 Å². The lowest BCUT2D eigenvalue weighted by molar-refractivity contribution is 0.881. The SMILES string of the molecule is Clc1ccc(-n2cc(-c3ccc(Br)cc3)cn2)cc1. The van der Waals surface area contributed by atoms with Gasteiger partial charge in [0.1, 0.15) is 0 Å². The number of nitrogens with zero attached hydrogens (tertiary/aromatic N) is 2. The van der Waals surface area contributed by atoms with Crippen LogP contribution in [-0.2, 0) is 0 Å². The molecule has 19 heavy (non-hydrogen) atoms. The lowest BCUT2D eigenvalue weighted by atomic mass is 10.1. The first kappa shape index (κ1) is 12.5. The molecule has 0 radical (unpaired) electrons. The number of rotatable bonds is 2. The van der Waals surface area contributed by atoms with Crippen LogP contribution >= 0.6 is 27.5 Å². The molecular formula is C15H10BrClN2. The van der Waals surface area contributed by atoms with E-state index in [0.717, 1.165) is 26.3 Å². The van der Waals surface area contributed by atoms with Crippen molar-refractivity contribution in [2.75, 3.05) is 0 Å². The molecule has 0 atom stereocenters. The monoisotopic (exact) mass is 332 g/mol. The Bertz CT molecular complexity index is 627. The van der Waals surface area contributed by atoms with Gasteiger partial charge in [0, 0.05) is 21.3 Å². The molecule has 3 rings (SSSR count). The largest absolute Gasteiger partial charge is 0.240 e. The predicted octanol–water partition coefficient (Wildman–Crippen LogP) is 4.96. The average Bonchev–Trinajstić information content (AvgIpc) is 2.90. The van der Waals surface area contributed by atoms with Gasteiger partial charge in [-0.05, 0) is 42.0 Å². The van der Waals surface area contributed by atoms with Gasteiger partial charge >= 0.3 is 0 Å². The van der Waals surface area contributed by atoms with E-state index >= 15 is 0 Å². The molecule has 0 amide bonds. The smallest absolute Gasteiger partial charge is 0.0646 e. The zero-order chi connectivity index (χ0) is 13.2. The van der Waals surface area contributed by atoms with Crippen LogP contribution in [0.15, 0.2) is 65.4 Å². The number of hydrogen-bond acceptors (Lipinski definition) is 1. The topological polar surface area (TPSA) is 17.8 Å². The van der Waals surface area contributed by atoms with E-state index < -0.39 is 0 Å².